The number of aromatic nitrogens is 2. The van der Waals surface area contributed by atoms with E-state index < -0.39 is 11.7 Å². The smallest absolute Gasteiger partial charge is 0.416 e. The minimum atomic E-state index is -4.44. The maximum Gasteiger partial charge on any atom is 0.416 e. The first-order chi connectivity index (χ1) is 12.2. The maximum atomic E-state index is 12.7. The van der Waals surface area contributed by atoms with Gasteiger partial charge in [0, 0.05) is 24.2 Å². The summed E-state index contributed by atoms with van der Waals surface area (Å²) in [5.74, 6) is 0.574. The monoisotopic (exact) mass is 369 g/mol. The first kappa shape index (κ1) is 18.2. The van der Waals surface area contributed by atoms with Gasteiger partial charge in [0.15, 0.2) is 0 Å². The number of likely N-dealkylation sites (tertiary alicyclic amines) is 1. The van der Waals surface area contributed by atoms with E-state index >= 15 is 0 Å². The Labute approximate surface area is 147 Å². The van der Waals surface area contributed by atoms with Crippen LogP contribution in [0.3, 0.4) is 0 Å². The molecule has 1 saturated heterocycles. The third kappa shape index (κ3) is 3.97. The topological polar surface area (TPSA) is 68.5 Å². The molecule has 2 aromatic heterocycles. The molecule has 140 valence electrons. The van der Waals surface area contributed by atoms with Crippen molar-refractivity contribution < 1.29 is 27.2 Å². The van der Waals surface area contributed by atoms with Gasteiger partial charge in [0.2, 0.25) is 11.8 Å². The van der Waals surface area contributed by atoms with Gasteiger partial charge >= 0.3 is 6.18 Å². The molecule has 0 bridgehead atoms. The van der Waals surface area contributed by atoms with Gasteiger partial charge in [-0.25, -0.2) is 4.98 Å². The second-order valence-corrected chi connectivity index (χ2v) is 6.22. The highest BCUT2D eigenvalue weighted by molar-refractivity contribution is 5.77. The van der Waals surface area contributed by atoms with Gasteiger partial charge in [-0.05, 0) is 26.3 Å². The van der Waals surface area contributed by atoms with Crippen molar-refractivity contribution in [2.75, 3.05) is 13.1 Å². The van der Waals surface area contributed by atoms with E-state index in [9.17, 15) is 18.0 Å². The molecule has 1 aliphatic heterocycles. The van der Waals surface area contributed by atoms with Crippen LogP contribution < -0.4 is 4.74 Å². The van der Waals surface area contributed by atoms with Gasteiger partial charge in [-0.3, -0.25) is 4.79 Å². The molecule has 9 heteroatoms. The molecular formula is C17H18F3N3O3. The summed E-state index contributed by atoms with van der Waals surface area (Å²) in [5.41, 5.74) is 0.893. The van der Waals surface area contributed by atoms with Crippen LogP contribution in [0.1, 0.15) is 29.0 Å². The average molecular weight is 369 g/mol. The number of aryl methyl sites for hydroxylation is 2. The van der Waals surface area contributed by atoms with Crippen LogP contribution in [-0.2, 0) is 17.4 Å². The lowest BCUT2D eigenvalue weighted by atomic mass is 10.1. The number of amides is 1. The van der Waals surface area contributed by atoms with Crippen molar-refractivity contribution in [3.8, 4) is 5.88 Å². The molecule has 3 heterocycles. The van der Waals surface area contributed by atoms with E-state index in [4.69, 9.17) is 9.26 Å². The lowest BCUT2D eigenvalue weighted by molar-refractivity contribution is -0.140. The minimum absolute atomic E-state index is 0.0400. The van der Waals surface area contributed by atoms with Crippen LogP contribution in [0, 0.1) is 13.8 Å². The number of nitrogens with zero attached hydrogens (tertiary/aromatic N) is 3. The summed E-state index contributed by atoms with van der Waals surface area (Å²) in [6.45, 7) is 4.29. The summed E-state index contributed by atoms with van der Waals surface area (Å²) in [4.78, 5) is 17.6. The first-order valence-electron chi connectivity index (χ1n) is 8.13. The molecule has 0 atom stereocenters. The highest BCUT2D eigenvalue weighted by atomic mass is 19.4. The molecule has 26 heavy (non-hydrogen) atoms. The number of carbonyl (C=O) groups is 1. The highest BCUT2D eigenvalue weighted by Crippen LogP contribution is 2.31. The second-order valence-electron chi connectivity index (χ2n) is 6.22. The third-order valence-corrected chi connectivity index (χ3v) is 4.32. The lowest BCUT2D eigenvalue weighted by Crippen LogP contribution is -2.56. The first-order valence-corrected chi connectivity index (χ1v) is 8.13. The number of hydrogen-bond donors (Lipinski definition) is 0. The zero-order valence-corrected chi connectivity index (χ0v) is 14.3. The quantitative estimate of drug-likeness (QED) is 0.811. The molecule has 0 aliphatic carbocycles. The molecule has 0 radical (unpaired) electrons. The van der Waals surface area contributed by atoms with Gasteiger partial charge in [0.25, 0.3) is 0 Å². The van der Waals surface area contributed by atoms with Crippen molar-refractivity contribution in [3.63, 3.8) is 0 Å². The van der Waals surface area contributed by atoms with Crippen LogP contribution >= 0.6 is 0 Å². The fraction of sp³-hybridized carbons (Fsp3) is 0.471. The van der Waals surface area contributed by atoms with E-state index in [1.165, 1.54) is 0 Å². The van der Waals surface area contributed by atoms with Crippen molar-refractivity contribution in [2.24, 2.45) is 0 Å². The Bertz CT molecular complexity index is 779. The molecule has 1 fully saturated rings. The normalized spacial score (nSPS) is 15.0. The summed E-state index contributed by atoms with van der Waals surface area (Å²) < 4.78 is 48.5. The average Bonchev–Trinajstić information content (AvgIpc) is 2.86. The van der Waals surface area contributed by atoms with Crippen molar-refractivity contribution in [1.82, 2.24) is 15.0 Å². The van der Waals surface area contributed by atoms with E-state index in [0.717, 1.165) is 29.6 Å². The van der Waals surface area contributed by atoms with E-state index in [1.807, 2.05) is 6.92 Å². The Morgan fingerprint density at radius 2 is 2.12 bits per heavy atom. The number of hydrogen-bond acceptors (Lipinski definition) is 5. The Morgan fingerprint density at radius 3 is 2.73 bits per heavy atom. The van der Waals surface area contributed by atoms with Gasteiger partial charge < -0.3 is 14.2 Å². The second kappa shape index (κ2) is 6.97. The molecule has 1 amide bonds. The minimum Gasteiger partial charge on any atom is -0.471 e. The van der Waals surface area contributed by atoms with E-state index in [0.29, 0.717) is 31.7 Å². The molecule has 1 aliphatic rings. The standard InChI is InChI=1S/C17H18F3N3O3/c1-10-14(11(2)26-22-10)3-4-16(24)23-8-13(9-23)25-15-7-12(5-6-21-15)17(18,19)20/h5-7,13H,3-4,8-9H2,1-2H3. The third-order valence-electron chi connectivity index (χ3n) is 4.32. The molecule has 2 aromatic rings. The molecule has 6 nitrogen and oxygen atoms in total. The SMILES string of the molecule is Cc1noc(C)c1CCC(=O)N1CC(Oc2cc(C(F)(F)F)ccn2)C1. The summed E-state index contributed by atoms with van der Waals surface area (Å²) in [7, 11) is 0. The van der Waals surface area contributed by atoms with Crippen LogP contribution in [0.4, 0.5) is 13.2 Å². The van der Waals surface area contributed by atoms with E-state index in [2.05, 4.69) is 10.1 Å². The molecule has 0 spiro atoms. The highest BCUT2D eigenvalue weighted by Gasteiger charge is 2.34. The van der Waals surface area contributed by atoms with Crippen molar-refractivity contribution in [1.29, 1.82) is 0 Å². The number of carbonyl (C=O) groups excluding carboxylic acids is 1. The van der Waals surface area contributed by atoms with E-state index in [-0.39, 0.29) is 17.9 Å². The van der Waals surface area contributed by atoms with Crippen molar-refractivity contribution in [2.45, 2.75) is 39.0 Å². The number of alkyl halides is 3. The Morgan fingerprint density at radius 1 is 1.38 bits per heavy atom. The predicted octanol–water partition coefficient (Wildman–Crippen LogP) is 2.93. The number of pyridine rings is 1. The molecular weight excluding hydrogens is 351 g/mol. The fourth-order valence-corrected chi connectivity index (χ4v) is 2.79. The van der Waals surface area contributed by atoms with Gasteiger partial charge in [-0.2, -0.15) is 13.2 Å². The van der Waals surface area contributed by atoms with Crippen LogP contribution in [0.25, 0.3) is 0 Å². The Hall–Kier alpha value is -2.58. The van der Waals surface area contributed by atoms with Gasteiger partial charge in [-0.15, -0.1) is 0 Å². The number of ether oxygens (including phenoxy) is 1. The molecule has 0 saturated carbocycles. The lowest BCUT2D eigenvalue weighted by Gasteiger charge is -2.38. The maximum absolute atomic E-state index is 12.7. The van der Waals surface area contributed by atoms with Crippen LogP contribution in [0.5, 0.6) is 5.88 Å². The van der Waals surface area contributed by atoms with Gasteiger partial charge in [0.1, 0.15) is 11.9 Å². The summed E-state index contributed by atoms with van der Waals surface area (Å²) >= 11 is 0. The largest absolute Gasteiger partial charge is 0.471 e. The van der Waals surface area contributed by atoms with Crippen LogP contribution in [0.2, 0.25) is 0 Å². The summed E-state index contributed by atoms with van der Waals surface area (Å²) in [6, 6.07) is 1.75. The number of halogens is 3. The molecule has 3 rings (SSSR count). The number of rotatable bonds is 5. The molecule has 0 N–H and O–H groups in total. The zero-order chi connectivity index (χ0) is 18.9. The molecule has 0 unspecified atom stereocenters. The summed E-state index contributed by atoms with van der Waals surface area (Å²) in [6.07, 6.45) is -2.88. The van der Waals surface area contributed by atoms with Crippen LogP contribution in [-0.4, -0.2) is 40.1 Å². The van der Waals surface area contributed by atoms with Crippen LogP contribution in [0.15, 0.2) is 22.9 Å². The predicted molar refractivity (Wildman–Crippen MR) is 84.5 cm³/mol. The van der Waals surface area contributed by atoms with Gasteiger partial charge in [-0.1, -0.05) is 5.16 Å². The Kier molecular flexibility index (Phi) is 4.88. The Balaban J connectivity index is 1.48. The van der Waals surface area contributed by atoms with Crippen molar-refractivity contribution >= 4 is 5.91 Å². The molecule has 0 aromatic carbocycles. The van der Waals surface area contributed by atoms with Crippen molar-refractivity contribution in [3.05, 3.63) is 40.9 Å². The summed E-state index contributed by atoms with van der Waals surface area (Å²) in [5, 5.41) is 3.85. The fourth-order valence-electron chi connectivity index (χ4n) is 2.79. The van der Waals surface area contributed by atoms with Gasteiger partial charge in [0.05, 0.1) is 24.3 Å². The van der Waals surface area contributed by atoms with E-state index in [1.54, 1.807) is 11.8 Å². The zero-order valence-electron chi connectivity index (χ0n) is 14.3.